The summed E-state index contributed by atoms with van der Waals surface area (Å²) >= 11 is 0. The lowest BCUT2D eigenvalue weighted by molar-refractivity contribution is 0.489. The van der Waals surface area contributed by atoms with Gasteiger partial charge in [-0.15, -0.1) is 12.3 Å². The molecule has 0 radical (unpaired) electrons. The molecule has 1 atom stereocenters. The van der Waals surface area contributed by atoms with Gasteiger partial charge in [0.25, 0.3) is 0 Å². The first-order chi connectivity index (χ1) is 6.31. The zero-order valence-electron chi connectivity index (χ0n) is 9.10. The van der Waals surface area contributed by atoms with Crippen LogP contribution in [0.25, 0.3) is 0 Å². The molecule has 13 heavy (non-hydrogen) atoms. The maximum atomic E-state index is 5.16. The van der Waals surface area contributed by atoms with Crippen molar-refractivity contribution < 1.29 is 0 Å². The quantitative estimate of drug-likeness (QED) is 0.448. The fourth-order valence-corrected chi connectivity index (χ4v) is 1.37. The van der Waals surface area contributed by atoms with Crippen LogP contribution in [0.5, 0.6) is 0 Å². The Kier molecular flexibility index (Phi) is 9.25. The highest BCUT2D eigenvalue weighted by atomic mass is 14.9. The van der Waals surface area contributed by atoms with Crippen molar-refractivity contribution in [3.05, 3.63) is 0 Å². The normalized spacial score (nSPS) is 12.4. The average Bonchev–Trinajstić information content (AvgIpc) is 2.13. The molecule has 0 aliphatic rings. The molecule has 0 heterocycles. The van der Waals surface area contributed by atoms with Crippen molar-refractivity contribution in [1.29, 1.82) is 0 Å². The van der Waals surface area contributed by atoms with Crippen molar-refractivity contribution in [2.24, 2.45) is 0 Å². The first-order valence-corrected chi connectivity index (χ1v) is 5.48. The lowest BCUT2D eigenvalue weighted by Gasteiger charge is -2.11. The van der Waals surface area contributed by atoms with E-state index in [2.05, 4.69) is 25.1 Å². The van der Waals surface area contributed by atoms with Gasteiger partial charge in [-0.1, -0.05) is 32.6 Å². The Labute approximate surface area is 83.3 Å². The summed E-state index contributed by atoms with van der Waals surface area (Å²) in [5.74, 6) is 2.64. The summed E-state index contributed by atoms with van der Waals surface area (Å²) in [6.45, 7) is 5.45. The van der Waals surface area contributed by atoms with E-state index < -0.39 is 0 Å². The van der Waals surface area contributed by atoms with Gasteiger partial charge in [0.2, 0.25) is 0 Å². The van der Waals surface area contributed by atoms with Gasteiger partial charge < -0.3 is 5.32 Å². The summed E-state index contributed by atoms with van der Waals surface area (Å²) in [5.41, 5.74) is 0. The zero-order valence-corrected chi connectivity index (χ0v) is 9.10. The molecule has 0 aliphatic heterocycles. The van der Waals surface area contributed by atoms with Gasteiger partial charge >= 0.3 is 0 Å². The molecule has 0 bridgehead atoms. The van der Waals surface area contributed by atoms with Crippen molar-refractivity contribution in [1.82, 2.24) is 5.32 Å². The Morgan fingerprint density at radius 1 is 1.31 bits per heavy atom. The van der Waals surface area contributed by atoms with Crippen molar-refractivity contribution >= 4 is 0 Å². The van der Waals surface area contributed by atoms with Gasteiger partial charge in [-0.05, 0) is 13.3 Å². The third-order valence-corrected chi connectivity index (χ3v) is 2.25. The van der Waals surface area contributed by atoms with E-state index in [1.165, 1.54) is 32.1 Å². The summed E-state index contributed by atoms with van der Waals surface area (Å²) in [5, 5.41) is 3.42. The van der Waals surface area contributed by atoms with Gasteiger partial charge in [0.05, 0.1) is 0 Å². The number of terminal acetylenes is 1. The summed E-state index contributed by atoms with van der Waals surface area (Å²) in [6.07, 6.45) is 12.7. The fourth-order valence-electron chi connectivity index (χ4n) is 1.37. The largest absolute Gasteiger partial charge is 0.313 e. The molecule has 1 heteroatoms. The standard InChI is InChI=1S/C12H23N/c1-4-6-8-9-10-12(3)13-11-7-5-2/h2,12-13H,4,6-11H2,1,3H3. The van der Waals surface area contributed by atoms with Crippen LogP contribution < -0.4 is 5.32 Å². The van der Waals surface area contributed by atoms with Crippen LogP contribution >= 0.6 is 0 Å². The second kappa shape index (κ2) is 9.61. The van der Waals surface area contributed by atoms with Crippen LogP contribution in [-0.4, -0.2) is 12.6 Å². The third kappa shape index (κ3) is 9.43. The molecule has 0 amide bonds. The van der Waals surface area contributed by atoms with Crippen LogP contribution in [0.2, 0.25) is 0 Å². The number of hydrogen-bond acceptors (Lipinski definition) is 1. The maximum absolute atomic E-state index is 5.16. The zero-order chi connectivity index (χ0) is 9.94. The van der Waals surface area contributed by atoms with E-state index in [4.69, 9.17) is 6.42 Å². The first-order valence-electron chi connectivity index (χ1n) is 5.48. The van der Waals surface area contributed by atoms with Crippen molar-refractivity contribution in [3.63, 3.8) is 0 Å². The monoisotopic (exact) mass is 181 g/mol. The molecule has 0 aliphatic carbocycles. The number of nitrogens with one attached hydrogen (secondary N) is 1. The minimum atomic E-state index is 0.630. The summed E-state index contributed by atoms with van der Waals surface area (Å²) in [6, 6.07) is 0.630. The van der Waals surface area contributed by atoms with E-state index in [-0.39, 0.29) is 0 Å². The molecule has 1 unspecified atom stereocenters. The van der Waals surface area contributed by atoms with Crippen LogP contribution in [0.15, 0.2) is 0 Å². The minimum absolute atomic E-state index is 0.630. The molecule has 0 saturated heterocycles. The van der Waals surface area contributed by atoms with Gasteiger partial charge in [0, 0.05) is 19.0 Å². The van der Waals surface area contributed by atoms with Crippen LogP contribution in [0.3, 0.4) is 0 Å². The number of unbranched alkanes of at least 4 members (excludes halogenated alkanes) is 3. The van der Waals surface area contributed by atoms with Crippen LogP contribution in [-0.2, 0) is 0 Å². The Hall–Kier alpha value is -0.480. The highest BCUT2D eigenvalue weighted by Gasteiger charge is 1.98. The van der Waals surface area contributed by atoms with E-state index in [9.17, 15) is 0 Å². The lowest BCUT2D eigenvalue weighted by Crippen LogP contribution is -2.26. The summed E-state index contributed by atoms with van der Waals surface area (Å²) in [7, 11) is 0. The average molecular weight is 181 g/mol. The molecule has 1 nitrogen and oxygen atoms in total. The van der Waals surface area contributed by atoms with Crippen molar-refractivity contribution in [2.45, 2.75) is 58.4 Å². The van der Waals surface area contributed by atoms with Gasteiger partial charge in [0.15, 0.2) is 0 Å². The molecule has 0 aromatic heterocycles. The summed E-state index contributed by atoms with van der Waals surface area (Å²) < 4.78 is 0. The molecule has 0 aromatic carbocycles. The Balaban J connectivity index is 3.11. The molecule has 0 spiro atoms. The molecule has 0 rings (SSSR count). The van der Waals surface area contributed by atoms with Gasteiger partial charge in [0.1, 0.15) is 0 Å². The molecule has 1 N–H and O–H groups in total. The highest BCUT2D eigenvalue weighted by molar-refractivity contribution is 4.84. The van der Waals surface area contributed by atoms with Gasteiger partial charge in [-0.2, -0.15) is 0 Å². The molecule has 0 fully saturated rings. The van der Waals surface area contributed by atoms with E-state index in [1.54, 1.807) is 0 Å². The van der Waals surface area contributed by atoms with Gasteiger partial charge in [-0.3, -0.25) is 0 Å². The van der Waals surface area contributed by atoms with Crippen LogP contribution in [0.4, 0.5) is 0 Å². The van der Waals surface area contributed by atoms with E-state index in [1.807, 2.05) is 0 Å². The van der Waals surface area contributed by atoms with Crippen molar-refractivity contribution in [3.8, 4) is 12.3 Å². The second-order valence-electron chi connectivity index (χ2n) is 3.66. The molecule has 76 valence electrons. The van der Waals surface area contributed by atoms with E-state index in [0.717, 1.165) is 13.0 Å². The van der Waals surface area contributed by atoms with E-state index >= 15 is 0 Å². The second-order valence-corrected chi connectivity index (χ2v) is 3.66. The smallest absolute Gasteiger partial charge is 0.0211 e. The molecule has 0 aromatic rings. The Morgan fingerprint density at radius 2 is 2.08 bits per heavy atom. The number of rotatable bonds is 8. The predicted octanol–water partition coefficient (Wildman–Crippen LogP) is 2.96. The summed E-state index contributed by atoms with van der Waals surface area (Å²) in [4.78, 5) is 0. The maximum Gasteiger partial charge on any atom is 0.0211 e. The SMILES string of the molecule is C#CCCNC(C)CCCCCC. The first kappa shape index (κ1) is 12.5. The van der Waals surface area contributed by atoms with Crippen LogP contribution in [0, 0.1) is 12.3 Å². The molecular weight excluding hydrogens is 158 g/mol. The Bertz CT molecular complexity index is 135. The van der Waals surface area contributed by atoms with Gasteiger partial charge in [-0.25, -0.2) is 0 Å². The lowest BCUT2D eigenvalue weighted by atomic mass is 10.1. The molecule has 0 saturated carbocycles. The highest BCUT2D eigenvalue weighted by Crippen LogP contribution is 2.04. The van der Waals surface area contributed by atoms with Crippen LogP contribution in [0.1, 0.15) is 52.4 Å². The van der Waals surface area contributed by atoms with Crippen molar-refractivity contribution in [2.75, 3.05) is 6.54 Å². The predicted molar refractivity (Wildman–Crippen MR) is 59.7 cm³/mol. The fraction of sp³-hybridized carbons (Fsp3) is 0.833. The Morgan fingerprint density at radius 3 is 2.69 bits per heavy atom. The third-order valence-electron chi connectivity index (χ3n) is 2.25. The number of hydrogen-bond donors (Lipinski definition) is 1. The topological polar surface area (TPSA) is 12.0 Å². The van der Waals surface area contributed by atoms with E-state index in [0.29, 0.717) is 6.04 Å². The minimum Gasteiger partial charge on any atom is -0.313 e. The molecular formula is C12H23N.